The number of carbonyl (C=O) groups excluding carboxylic acids is 2. The maximum absolute atomic E-state index is 13.2. The summed E-state index contributed by atoms with van der Waals surface area (Å²) in [4.78, 5) is 34.9. The maximum Gasteiger partial charge on any atom is 0.295 e. The van der Waals surface area contributed by atoms with Crippen molar-refractivity contribution in [1.82, 2.24) is 9.88 Å². The van der Waals surface area contributed by atoms with Gasteiger partial charge in [-0.3, -0.25) is 14.6 Å². The Labute approximate surface area is 198 Å². The van der Waals surface area contributed by atoms with E-state index in [1.165, 1.54) is 4.90 Å². The number of aromatic amines is 1. The van der Waals surface area contributed by atoms with Gasteiger partial charge >= 0.3 is 0 Å². The molecule has 0 aliphatic carbocycles. The van der Waals surface area contributed by atoms with Crippen molar-refractivity contribution in [3.8, 4) is 5.75 Å². The number of nitrogens with one attached hydrogen (secondary N) is 1. The van der Waals surface area contributed by atoms with Crippen molar-refractivity contribution in [2.75, 3.05) is 6.61 Å². The molecule has 0 spiro atoms. The third-order valence-corrected chi connectivity index (χ3v) is 5.68. The minimum absolute atomic E-state index is 0.0590. The Morgan fingerprint density at radius 2 is 2.03 bits per heavy atom. The number of hydrogen-bond acceptors (Lipinski definition) is 5. The van der Waals surface area contributed by atoms with Gasteiger partial charge in [-0.05, 0) is 54.3 Å². The first-order valence-corrected chi connectivity index (χ1v) is 11.2. The zero-order valence-corrected chi connectivity index (χ0v) is 19.5. The Bertz CT molecular complexity index is 1220. The SMILES string of the molecule is Cc1cc(C(O)=C2C(=O)C(=O)N(Cc3cccnc3)C2c2ccc[nH+]c2)ccc1OCC(C)C. The van der Waals surface area contributed by atoms with Crippen LogP contribution in [0.3, 0.4) is 0 Å². The number of nitrogens with zero attached hydrogens (tertiary/aromatic N) is 2. The van der Waals surface area contributed by atoms with Gasteiger partial charge in [0.05, 0.1) is 18.2 Å². The summed E-state index contributed by atoms with van der Waals surface area (Å²) in [6.45, 7) is 6.80. The van der Waals surface area contributed by atoms with Crippen LogP contribution in [0.2, 0.25) is 0 Å². The molecular weight excluding hydrogens is 430 g/mol. The van der Waals surface area contributed by atoms with Crippen LogP contribution < -0.4 is 9.72 Å². The summed E-state index contributed by atoms with van der Waals surface area (Å²) in [5.41, 5.74) is 2.83. The highest BCUT2D eigenvalue weighted by Crippen LogP contribution is 2.40. The summed E-state index contributed by atoms with van der Waals surface area (Å²) in [6, 6.07) is 11.8. The molecule has 1 atom stereocenters. The van der Waals surface area contributed by atoms with Crippen molar-refractivity contribution < 1.29 is 24.4 Å². The van der Waals surface area contributed by atoms with E-state index in [-0.39, 0.29) is 17.9 Å². The molecular formula is C27H28N3O4+. The predicted molar refractivity (Wildman–Crippen MR) is 127 cm³/mol. The highest BCUT2D eigenvalue weighted by molar-refractivity contribution is 6.46. The number of pyridine rings is 2. The molecule has 1 aliphatic rings. The van der Waals surface area contributed by atoms with E-state index in [1.807, 2.05) is 19.1 Å². The van der Waals surface area contributed by atoms with Crippen LogP contribution in [-0.4, -0.2) is 33.3 Å². The fourth-order valence-corrected chi connectivity index (χ4v) is 4.03. The largest absolute Gasteiger partial charge is 0.507 e. The van der Waals surface area contributed by atoms with E-state index >= 15 is 0 Å². The van der Waals surface area contributed by atoms with Gasteiger partial charge in [-0.25, -0.2) is 4.98 Å². The van der Waals surface area contributed by atoms with Gasteiger partial charge in [0.25, 0.3) is 11.7 Å². The molecule has 0 bridgehead atoms. The van der Waals surface area contributed by atoms with Crippen LogP contribution in [0.4, 0.5) is 0 Å². The van der Waals surface area contributed by atoms with Crippen molar-refractivity contribution in [2.45, 2.75) is 33.4 Å². The first-order valence-electron chi connectivity index (χ1n) is 11.2. The fourth-order valence-electron chi connectivity index (χ4n) is 4.03. The predicted octanol–water partition coefficient (Wildman–Crippen LogP) is 3.86. The highest BCUT2D eigenvalue weighted by atomic mass is 16.5. The molecule has 3 aromatic rings. The molecule has 1 unspecified atom stereocenters. The number of likely N-dealkylation sites (tertiary alicyclic amines) is 1. The zero-order chi connectivity index (χ0) is 24.2. The number of ether oxygens (including phenoxy) is 1. The minimum Gasteiger partial charge on any atom is -0.507 e. The molecule has 4 rings (SSSR count). The van der Waals surface area contributed by atoms with Gasteiger partial charge in [-0.15, -0.1) is 0 Å². The summed E-state index contributed by atoms with van der Waals surface area (Å²) < 4.78 is 5.83. The molecule has 2 N–H and O–H groups in total. The fraction of sp³-hybridized carbons (Fsp3) is 0.259. The Kier molecular flexibility index (Phi) is 6.72. The summed E-state index contributed by atoms with van der Waals surface area (Å²) in [6.07, 6.45) is 6.79. The van der Waals surface area contributed by atoms with Crippen molar-refractivity contribution >= 4 is 17.4 Å². The van der Waals surface area contributed by atoms with Crippen LogP contribution in [0.25, 0.3) is 5.76 Å². The van der Waals surface area contributed by atoms with Crippen molar-refractivity contribution in [3.05, 3.63) is 95.1 Å². The van der Waals surface area contributed by atoms with E-state index in [4.69, 9.17) is 4.74 Å². The van der Waals surface area contributed by atoms with Crippen LogP contribution in [-0.2, 0) is 16.1 Å². The van der Waals surface area contributed by atoms with Gasteiger partial charge in [0.1, 0.15) is 11.5 Å². The van der Waals surface area contributed by atoms with Crippen LogP contribution >= 0.6 is 0 Å². The van der Waals surface area contributed by atoms with Crippen molar-refractivity contribution in [1.29, 1.82) is 0 Å². The second kappa shape index (κ2) is 9.87. The number of H-pyrrole nitrogens is 1. The van der Waals surface area contributed by atoms with Gasteiger partial charge in [-0.2, -0.15) is 0 Å². The Morgan fingerprint density at radius 3 is 2.68 bits per heavy atom. The lowest BCUT2D eigenvalue weighted by molar-refractivity contribution is -0.379. The summed E-state index contributed by atoms with van der Waals surface area (Å²) in [5, 5.41) is 11.3. The third kappa shape index (κ3) is 4.69. The van der Waals surface area contributed by atoms with E-state index in [0.29, 0.717) is 23.7 Å². The summed E-state index contributed by atoms with van der Waals surface area (Å²) in [5.74, 6) is -0.484. The molecule has 1 saturated heterocycles. The molecule has 3 heterocycles. The molecule has 1 fully saturated rings. The number of amides is 1. The standard InChI is InChI=1S/C27H27N3O4/c1-17(2)16-34-22-9-8-20(12-18(22)3)25(31)23-24(21-7-5-11-29-14-21)30(27(33)26(23)32)15-19-6-4-10-28-13-19/h4-14,17,24,31H,15-16H2,1-3H3/p+1. The number of ketones is 1. The first-order chi connectivity index (χ1) is 16.4. The highest BCUT2D eigenvalue weighted by Gasteiger charge is 2.46. The topological polar surface area (TPSA) is 93.9 Å². The average Bonchev–Trinajstić information content (AvgIpc) is 3.09. The third-order valence-electron chi connectivity index (χ3n) is 5.68. The Hall–Kier alpha value is -4.00. The van der Waals surface area contributed by atoms with Gasteiger partial charge < -0.3 is 14.7 Å². The molecule has 1 aliphatic heterocycles. The lowest BCUT2D eigenvalue weighted by Crippen LogP contribution is -2.29. The van der Waals surface area contributed by atoms with Gasteiger partial charge in [0.15, 0.2) is 12.4 Å². The molecule has 174 valence electrons. The number of aryl methyl sites for hydroxylation is 1. The number of aliphatic hydroxyl groups is 1. The average molecular weight is 459 g/mol. The summed E-state index contributed by atoms with van der Waals surface area (Å²) in [7, 11) is 0. The number of aliphatic hydroxyl groups excluding tert-OH is 1. The molecule has 7 heteroatoms. The van der Waals surface area contributed by atoms with Crippen LogP contribution in [0.15, 0.2) is 72.8 Å². The van der Waals surface area contributed by atoms with E-state index < -0.39 is 17.7 Å². The molecule has 2 aromatic heterocycles. The zero-order valence-electron chi connectivity index (χ0n) is 19.5. The normalized spacial score (nSPS) is 17.4. The molecule has 34 heavy (non-hydrogen) atoms. The molecule has 7 nitrogen and oxygen atoms in total. The lowest BCUT2D eigenvalue weighted by Gasteiger charge is -2.24. The van der Waals surface area contributed by atoms with E-state index in [0.717, 1.165) is 16.9 Å². The van der Waals surface area contributed by atoms with Crippen LogP contribution in [0.5, 0.6) is 5.75 Å². The van der Waals surface area contributed by atoms with Crippen molar-refractivity contribution in [3.63, 3.8) is 0 Å². The van der Waals surface area contributed by atoms with Crippen LogP contribution in [0, 0.1) is 12.8 Å². The number of Topliss-reactive ketones (excluding diaryl/α,β-unsaturated/α-hetero) is 1. The smallest absolute Gasteiger partial charge is 0.295 e. The Balaban J connectivity index is 1.77. The van der Waals surface area contributed by atoms with E-state index in [2.05, 4.69) is 23.8 Å². The first kappa shape index (κ1) is 23.2. The molecule has 0 radical (unpaired) electrons. The number of aromatic nitrogens is 2. The number of benzene rings is 1. The van der Waals surface area contributed by atoms with Gasteiger partial charge in [0.2, 0.25) is 0 Å². The molecule has 0 saturated carbocycles. The second-order valence-corrected chi connectivity index (χ2v) is 8.81. The Morgan fingerprint density at radius 1 is 1.21 bits per heavy atom. The van der Waals surface area contributed by atoms with Crippen molar-refractivity contribution in [2.24, 2.45) is 5.92 Å². The minimum atomic E-state index is -0.741. The summed E-state index contributed by atoms with van der Waals surface area (Å²) >= 11 is 0. The number of carbonyl (C=O) groups is 2. The van der Waals surface area contributed by atoms with E-state index in [9.17, 15) is 14.7 Å². The quantitative estimate of drug-likeness (QED) is 0.330. The molecule has 1 aromatic carbocycles. The molecule has 1 amide bonds. The monoisotopic (exact) mass is 458 g/mol. The number of rotatable bonds is 7. The van der Waals surface area contributed by atoms with Crippen LogP contribution in [0.1, 0.15) is 42.1 Å². The van der Waals surface area contributed by atoms with Gasteiger partial charge in [-0.1, -0.05) is 19.9 Å². The number of hydrogen-bond donors (Lipinski definition) is 1. The lowest BCUT2D eigenvalue weighted by atomic mass is 9.95. The second-order valence-electron chi connectivity index (χ2n) is 8.81. The van der Waals surface area contributed by atoms with E-state index in [1.54, 1.807) is 55.1 Å². The maximum atomic E-state index is 13.2. The van der Waals surface area contributed by atoms with Gasteiger partial charge in [0, 0.05) is 36.1 Å².